The van der Waals surface area contributed by atoms with Crippen molar-refractivity contribution in [1.29, 1.82) is 0 Å². The SMILES string of the molecule is CCCCCc1ccc(S(=O)(=O)C(C)C)cc1. The lowest BCUT2D eigenvalue weighted by Crippen LogP contribution is -2.13. The van der Waals surface area contributed by atoms with Crippen LogP contribution in [-0.4, -0.2) is 13.7 Å². The van der Waals surface area contributed by atoms with Gasteiger partial charge in [0.1, 0.15) is 0 Å². The summed E-state index contributed by atoms with van der Waals surface area (Å²) in [7, 11) is -3.12. The van der Waals surface area contributed by atoms with Gasteiger partial charge >= 0.3 is 0 Å². The number of hydrogen-bond donors (Lipinski definition) is 0. The molecule has 2 nitrogen and oxygen atoms in total. The van der Waals surface area contributed by atoms with Crippen LogP contribution in [0.15, 0.2) is 29.2 Å². The lowest BCUT2D eigenvalue weighted by atomic mass is 10.1. The molecule has 0 radical (unpaired) electrons. The second-order valence-electron chi connectivity index (χ2n) is 4.69. The summed E-state index contributed by atoms with van der Waals surface area (Å²) in [6.07, 6.45) is 4.65. The van der Waals surface area contributed by atoms with Crippen molar-refractivity contribution in [2.75, 3.05) is 0 Å². The number of rotatable bonds is 6. The minimum Gasteiger partial charge on any atom is -0.223 e. The summed E-state index contributed by atoms with van der Waals surface area (Å²) in [5.74, 6) is 0. The van der Waals surface area contributed by atoms with Gasteiger partial charge in [0.25, 0.3) is 0 Å². The summed E-state index contributed by atoms with van der Waals surface area (Å²) < 4.78 is 23.8. The molecule has 0 unspecified atom stereocenters. The van der Waals surface area contributed by atoms with E-state index in [1.54, 1.807) is 26.0 Å². The minimum atomic E-state index is -3.12. The Labute approximate surface area is 105 Å². The van der Waals surface area contributed by atoms with Crippen molar-refractivity contribution in [2.45, 2.75) is 56.6 Å². The molecule has 0 bridgehead atoms. The van der Waals surface area contributed by atoms with E-state index in [2.05, 4.69) is 6.92 Å². The Hall–Kier alpha value is -0.830. The molecule has 96 valence electrons. The first-order valence-corrected chi connectivity index (χ1v) is 7.86. The maximum Gasteiger partial charge on any atom is 0.180 e. The van der Waals surface area contributed by atoms with E-state index in [0.29, 0.717) is 4.90 Å². The number of aryl methyl sites for hydroxylation is 1. The Balaban J connectivity index is 2.75. The largest absolute Gasteiger partial charge is 0.223 e. The summed E-state index contributed by atoms with van der Waals surface area (Å²) in [6, 6.07) is 7.34. The van der Waals surface area contributed by atoms with Gasteiger partial charge in [-0.05, 0) is 44.4 Å². The summed E-state index contributed by atoms with van der Waals surface area (Å²) in [6.45, 7) is 5.60. The van der Waals surface area contributed by atoms with Gasteiger partial charge in [-0.1, -0.05) is 31.9 Å². The van der Waals surface area contributed by atoms with Crippen molar-refractivity contribution in [3.05, 3.63) is 29.8 Å². The Morgan fingerprint density at radius 3 is 2.12 bits per heavy atom. The molecule has 0 amide bonds. The zero-order valence-electron chi connectivity index (χ0n) is 10.9. The molecule has 0 aliphatic rings. The molecule has 0 saturated heterocycles. The highest BCUT2D eigenvalue weighted by Gasteiger charge is 2.18. The van der Waals surface area contributed by atoms with Crippen LogP contribution in [0.1, 0.15) is 45.6 Å². The van der Waals surface area contributed by atoms with Crippen LogP contribution in [0.2, 0.25) is 0 Å². The van der Waals surface area contributed by atoms with E-state index in [1.807, 2.05) is 12.1 Å². The Morgan fingerprint density at radius 2 is 1.65 bits per heavy atom. The highest BCUT2D eigenvalue weighted by molar-refractivity contribution is 7.92. The predicted octanol–water partition coefficient (Wildman–Crippen LogP) is 3.60. The van der Waals surface area contributed by atoms with Crippen LogP contribution in [-0.2, 0) is 16.3 Å². The fraction of sp³-hybridized carbons (Fsp3) is 0.571. The van der Waals surface area contributed by atoms with Crippen molar-refractivity contribution in [1.82, 2.24) is 0 Å². The van der Waals surface area contributed by atoms with E-state index in [4.69, 9.17) is 0 Å². The lowest BCUT2D eigenvalue weighted by Gasteiger charge is -2.08. The molecular weight excluding hydrogens is 232 g/mol. The smallest absolute Gasteiger partial charge is 0.180 e. The Kier molecular flexibility index (Phi) is 5.19. The third-order valence-corrected chi connectivity index (χ3v) is 5.11. The van der Waals surface area contributed by atoms with Crippen LogP contribution in [0.3, 0.4) is 0 Å². The normalized spacial score (nSPS) is 12.0. The maximum absolute atomic E-state index is 11.9. The number of hydrogen-bond acceptors (Lipinski definition) is 2. The second-order valence-corrected chi connectivity index (χ2v) is 7.20. The van der Waals surface area contributed by atoms with Gasteiger partial charge in [-0.15, -0.1) is 0 Å². The average molecular weight is 254 g/mol. The van der Waals surface area contributed by atoms with Gasteiger partial charge in [-0.25, -0.2) is 8.42 Å². The molecule has 0 aliphatic carbocycles. The van der Waals surface area contributed by atoms with E-state index in [1.165, 1.54) is 24.8 Å². The summed E-state index contributed by atoms with van der Waals surface area (Å²) in [4.78, 5) is 0.437. The molecule has 0 fully saturated rings. The molecule has 0 aliphatic heterocycles. The van der Waals surface area contributed by atoms with Crippen molar-refractivity contribution in [3.63, 3.8) is 0 Å². The first kappa shape index (κ1) is 14.2. The topological polar surface area (TPSA) is 34.1 Å². The van der Waals surface area contributed by atoms with E-state index in [9.17, 15) is 8.42 Å². The first-order chi connectivity index (χ1) is 7.98. The summed E-state index contributed by atoms with van der Waals surface area (Å²) in [5, 5.41) is -0.353. The Bertz CT molecular complexity index is 430. The minimum absolute atomic E-state index is 0.353. The van der Waals surface area contributed by atoms with Crippen molar-refractivity contribution >= 4 is 9.84 Å². The van der Waals surface area contributed by atoms with E-state index in [-0.39, 0.29) is 5.25 Å². The molecule has 0 N–H and O–H groups in total. The van der Waals surface area contributed by atoms with Crippen LogP contribution in [0.4, 0.5) is 0 Å². The molecule has 0 heterocycles. The number of sulfone groups is 1. The van der Waals surface area contributed by atoms with Gasteiger partial charge < -0.3 is 0 Å². The third kappa shape index (κ3) is 3.84. The third-order valence-electron chi connectivity index (χ3n) is 2.94. The average Bonchev–Trinajstić information content (AvgIpc) is 2.30. The zero-order chi connectivity index (χ0) is 12.9. The molecule has 0 atom stereocenters. The van der Waals surface area contributed by atoms with E-state index < -0.39 is 9.84 Å². The molecule has 0 aromatic heterocycles. The molecule has 1 aromatic carbocycles. The van der Waals surface area contributed by atoms with Crippen molar-refractivity contribution in [2.24, 2.45) is 0 Å². The summed E-state index contributed by atoms with van der Waals surface area (Å²) >= 11 is 0. The van der Waals surface area contributed by atoms with E-state index >= 15 is 0 Å². The molecule has 1 rings (SSSR count). The highest BCUT2D eigenvalue weighted by atomic mass is 32.2. The van der Waals surface area contributed by atoms with Crippen molar-refractivity contribution < 1.29 is 8.42 Å². The molecule has 0 saturated carbocycles. The van der Waals surface area contributed by atoms with Gasteiger partial charge in [-0.3, -0.25) is 0 Å². The lowest BCUT2D eigenvalue weighted by molar-refractivity contribution is 0.587. The first-order valence-electron chi connectivity index (χ1n) is 6.31. The predicted molar refractivity (Wildman–Crippen MR) is 72.0 cm³/mol. The summed E-state index contributed by atoms with van der Waals surface area (Å²) in [5.41, 5.74) is 1.22. The van der Waals surface area contributed by atoms with Crippen molar-refractivity contribution in [3.8, 4) is 0 Å². The van der Waals surface area contributed by atoms with Gasteiger partial charge in [0.05, 0.1) is 10.1 Å². The Morgan fingerprint density at radius 1 is 1.06 bits per heavy atom. The zero-order valence-corrected chi connectivity index (χ0v) is 11.8. The van der Waals surface area contributed by atoms with Gasteiger partial charge in [0, 0.05) is 0 Å². The fourth-order valence-corrected chi connectivity index (χ4v) is 2.76. The second kappa shape index (κ2) is 6.20. The van der Waals surface area contributed by atoms with Gasteiger partial charge in [0.15, 0.2) is 9.84 Å². The van der Waals surface area contributed by atoms with E-state index in [0.717, 1.165) is 6.42 Å². The quantitative estimate of drug-likeness (QED) is 0.727. The van der Waals surface area contributed by atoms with Crippen LogP contribution in [0, 0.1) is 0 Å². The molecule has 1 aromatic rings. The van der Waals surface area contributed by atoms with Gasteiger partial charge in [0.2, 0.25) is 0 Å². The van der Waals surface area contributed by atoms with Crippen LogP contribution in [0.25, 0.3) is 0 Å². The maximum atomic E-state index is 11.9. The molecule has 3 heteroatoms. The monoisotopic (exact) mass is 254 g/mol. The molecular formula is C14H22O2S. The fourth-order valence-electron chi connectivity index (χ4n) is 1.70. The van der Waals surface area contributed by atoms with Crippen LogP contribution >= 0.6 is 0 Å². The van der Waals surface area contributed by atoms with Crippen LogP contribution < -0.4 is 0 Å². The highest BCUT2D eigenvalue weighted by Crippen LogP contribution is 2.17. The van der Waals surface area contributed by atoms with Crippen LogP contribution in [0.5, 0.6) is 0 Å². The number of unbranched alkanes of at least 4 members (excludes halogenated alkanes) is 2. The molecule has 17 heavy (non-hydrogen) atoms. The standard InChI is InChI=1S/C14H22O2S/c1-4-5-6-7-13-8-10-14(11-9-13)17(15,16)12(2)3/h8-12H,4-7H2,1-3H3. The molecule has 0 spiro atoms. The van der Waals surface area contributed by atoms with Gasteiger partial charge in [-0.2, -0.15) is 0 Å². The number of benzene rings is 1.